The van der Waals surface area contributed by atoms with Crippen LogP contribution in [0.4, 0.5) is 0 Å². The van der Waals surface area contributed by atoms with Crippen LogP contribution in [0.5, 0.6) is 0 Å². The number of para-hydroxylation sites is 2. The van der Waals surface area contributed by atoms with Gasteiger partial charge in [0.2, 0.25) is 0 Å². The lowest BCUT2D eigenvalue weighted by atomic mass is 9.88. The largest absolute Gasteiger partial charge is 0.309 e. The lowest BCUT2D eigenvalue weighted by Gasteiger charge is -2.16. The molecule has 49 heavy (non-hydrogen) atoms. The van der Waals surface area contributed by atoms with Crippen LogP contribution >= 0.6 is 0 Å². The average molecular weight is 624 g/mol. The molecule has 0 spiro atoms. The van der Waals surface area contributed by atoms with E-state index in [1.54, 1.807) is 12.4 Å². The van der Waals surface area contributed by atoms with Gasteiger partial charge in [-0.25, -0.2) is 0 Å². The highest BCUT2D eigenvalue weighted by molar-refractivity contribution is 6.23. The highest BCUT2D eigenvalue weighted by Crippen LogP contribution is 2.42. The van der Waals surface area contributed by atoms with Gasteiger partial charge in [0.25, 0.3) is 0 Å². The molecule has 0 radical (unpaired) electrons. The normalized spacial score (nSPS) is 11.7. The van der Waals surface area contributed by atoms with Crippen molar-refractivity contribution in [3.05, 3.63) is 176 Å². The van der Waals surface area contributed by atoms with Crippen molar-refractivity contribution in [1.29, 1.82) is 0 Å². The lowest BCUT2D eigenvalue weighted by Crippen LogP contribution is -1.93. The molecular formula is C46H29N3. The molecule has 0 aliphatic heterocycles. The molecule has 0 aliphatic rings. The average Bonchev–Trinajstić information content (AvgIpc) is 3.52. The quantitative estimate of drug-likeness (QED) is 0.183. The van der Waals surface area contributed by atoms with Crippen LogP contribution in [0.25, 0.3) is 93.5 Å². The van der Waals surface area contributed by atoms with Gasteiger partial charge in [0.05, 0.1) is 22.1 Å². The van der Waals surface area contributed by atoms with E-state index in [2.05, 4.69) is 168 Å². The maximum Gasteiger partial charge on any atom is 0.0971 e. The fraction of sp³-hybridized carbons (Fsp3) is 0. The van der Waals surface area contributed by atoms with Gasteiger partial charge >= 0.3 is 0 Å². The highest BCUT2D eigenvalue weighted by atomic mass is 15.0. The summed E-state index contributed by atoms with van der Waals surface area (Å²) in [6, 6.07) is 59.2. The molecule has 0 fully saturated rings. The molecule has 0 saturated heterocycles. The number of rotatable bonds is 4. The fourth-order valence-electron chi connectivity index (χ4n) is 7.73. The van der Waals surface area contributed by atoms with Crippen molar-refractivity contribution in [1.82, 2.24) is 14.5 Å². The van der Waals surface area contributed by atoms with Crippen LogP contribution in [0.15, 0.2) is 176 Å². The third-order valence-corrected chi connectivity index (χ3v) is 9.90. The molecule has 0 N–H and O–H groups in total. The van der Waals surface area contributed by atoms with E-state index in [4.69, 9.17) is 9.97 Å². The third kappa shape index (κ3) is 4.29. The summed E-state index contributed by atoms with van der Waals surface area (Å²) in [4.78, 5) is 9.49. The van der Waals surface area contributed by atoms with Crippen LogP contribution in [0.2, 0.25) is 0 Å². The number of hydrogen-bond acceptors (Lipinski definition) is 2. The molecule has 0 saturated carbocycles. The molecule has 2 heterocycles. The Kier molecular flexibility index (Phi) is 6.18. The molecule has 0 aliphatic carbocycles. The zero-order valence-electron chi connectivity index (χ0n) is 26.6. The predicted octanol–water partition coefficient (Wildman–Crippen LogP) is 12.0. The topological polar surface area (TPSA) is 30.7 Å². The Morgan fingerprint density at radius 3 is 1.51 bits per heavy atom. The van der Waals surface area contributed by atoms with Crippen molar-refractivity contribution in [2.75, 3.05) is 0 Å². The third-order valence-electron chi connectivity index (χ3n) is 9.90. The van der Waals surface area contributed by atoms with E-state index in [-0.39, 0.29) is 0 Å². The molecular weight excluding hydrogens is 595 g/mol. The monoisotopic (exact) mass is 623 g/mol. The van der Waals surface area contributed by atoms with E-state index in [0.717, 1.165) is 21.8 Å². The van der Waals surface area contributed by atoms with E-state index in [9.17, 15) is 0 Å². The standard InChI is InChI=1S/C46H29N3/c1-2-12-32(13-3-1)49-43-21-11-10-19-38(43)42-29-31(23-25-44(42)49)34-15-5-7-17-36(34)35-16-6-4-14-33(35)30-22-24-40-41(28-30)37-18-8-9-20-39(37)45-46(40)48-27-26-47-45/h1-29H. The first kappa shape index (κ1) is 27.5. The van der Waals surface area contributed by atoms with E-state index in [1.165, 1.54) is 71.6 Å². The van der Waals surface area contributed by atoms with Crippen LogP contribution in [0.3, 0.4) is 0 Å². The molecule has 0 bridgehead atoms. The SMILES string of the molecule is c1ccc(-n2c3ccccc3c3cc(-c4ccccc4-c4ccccc4-c4ccc5c(c4)c4ccccc4c4nccnc54)ccc32)cc1. The molecule has 0 amide bonds. The summed E-state index contributed by atoms with van der Waals surface area (Å²) >= 11 is 0. The van der Waals surface area contributed by atoms with Gasteiger partial charge < -0.3 is 4.57 Å². The number of hydrogen-bond donors (Lipinski definition) is 0. The summed E-state index contributed by atoms with van der Waals surface area (Å²) < 4.78 is 2.37. The second kappa shape index (κ2) is 11.0. The van der Waals surface area contributed by atoms with Crippen molar-refractivity contribution >= 4 is 54.4 Å². The van der Waals surface area contributed by atoms with Crippen LogP contribution in [-0.2, 0) is 0 Å². The summed E-state index contributed by atoms with van der Waals surface area (Å²) in [6.07, 6.45) is 3.56. The molecule has 0 atom stereocenters. The van der Waals surface area contributed by atoms with E-state index in [1.807, 2.05) is 0 Å². The second-order valence-corrected chi connectivity index (χ2v) is 12.6. The number of fused-ring (bicyclic) bond motifs is 9. The van der Waals surface area contributed by atoms with Gasteiger partial charge in [0.15, 0.2) is 0 Å². The minimum Gasteiger partial charge on any atom is -0.309 e. The molecule has 10 rings (SSSR count). The van der Waals surface area contributed by atoms with Crippen LogP contribution < -0.4 is 0 Å². The van der Waals surface area contributed by atoms with Gasteiger partial charge in [-0.1, -0.05) is 127 Å². The predicted molar refractivity (Wildman–Crippen MR) is 205 cm³/mol. The Hall–Kier alpha value is -6.58. The first-order chi connectivity index (χ1) is 24.3. The Morgan fingerprint density at radius 2 is 0.816 bits per heavy atom. The smallest absolute Gasteiger partial charge is 0.0971 e. The lowest BCUT2D eigenvalue weighted by molar-refractivity contribution is 1.18. The fourth-order valence-corrected chi connectivity index (χ4v) is 7.73. The Bertz CT molecular complexity index is 2850. The summed E-state index contributed by atoms with van der Waals surface area (Å²) in [5.74, 6) is 0. The minimum absolute atomic E-state index is 0.936. The van der Waals surface area contributed by atoms with Crippen LogP contribution in [-0.4, -0.2) is 14.5 Å². The molecule has 3 nitrogen and oxygen atoms in total. The Labute approximate surface area is 283 Å². The van der Waals surface area contributed by atoms with E-state index < -0.39 is 0 Å². The van der Waals surface area contributed by atoms with Gasteiger partial charge in [-0.15, -0.1) is 0 Å². The summed E-state index contributed by atoms with van der Waals surface area (Å²) in [5.41, 5.74) is 12.6. The van der Waals surface area contributed by atoms with Crippen molar-refractivity contribution in [2.45, 2.75) is 0 Å². The van der Waals surface area contributed by atoms with Gasteiger partial charge in [-0.05, 0) is 80.6 Å². The second-order valence-electron chi connectivity index (χ2n) is 12.6. The summed E-state index contributed by atoms with van der Waals surface area (Å²) in [5, 5.41) is 7.11. The van der Waals surface area contributed by atoms with Crippen molar-refractivity contribution in [3.8, 4) is 39.1 Å². The number of aromatic nitrogens is 3. The van der Waals surface area contributed by atoms with Gasteiger partial charge in [-0.3, -0.25) is 9.97 Å². The molecule has 228 valence electrons. The highest BCUT2D eigenvalue weighted by Gasteiger charge is 2.17. The molecule has 0 unspecified atom stereocenters. The van der Waals surface area contributed by atoms with Crippen molar-refractivity contribution in [3.63, 3.8) is 0 Å². The Morgan fingerprint density at radius 1 is 0.327 bits per heavy atom. The zero-order valence-corrected chi connectivity index (χ0v) is 26.6. The maximum absolute atomic E-state index is 4.77. The Balaban J connectivity index is 1.17. The first-order valence-electron chi connectivity index (χ1n) is 16.7. The molecule has 3 heteroatoms. The molecule has 10 aromatic rings. The van der Waals surface area contributed by atoms with Gasteiger partial charge in [-0.2, -0.15) is 0 Å². The summed E-state index contributed by atoms with van der Waals surface area (Å²) in [6.45, 7) is 0. The molecule has 2 aromatic heterocycles. The van der Waals surface area contributed by atoms with Crippen LogP contribution in [0, 0.1) is 0 Å². The first-order valence-corrected chi connectivity index (χ1v) is 16.7. The maximum atomic E-state index is 4.77. The van der Waals surface area contributed by atoms with Crippen LogP contribution in [0.1, 0.15) is 0 Å². The summed E-state index contributed by atoms with van der Waals surface area (Å²) in [7, 11) is 0. The van der Waals surface area contributed by atoms with Crippen molar-refractivity contribution < 1.29 is 0 Å². The van der Waals surface area contributed by atoms with Gasteiger partial charge in [0, 0.05) is 39.6 Å². The molecule has 8 aromatic carbocycles. The number of benzene rings is 8. The van der Waals surface area contributed by atoms with E-state index >= 15 is 0 Å². The number of nitrogens with zero attached hydrogens (tertiary/aromatic N) is 3. The van der Waals surface area contributed by atoms with Crippen molar-refractivity contribution in [2.24, 2.45) is 0 Å². The van der Waals surface area contributed by atoms with E-state index in [0.29, 0.717) is 0 Å². The van der Waals surface area contributed by atoms with Gasteiger partial charge in [0.1, 0.15) is 0 Å². The zero-order chi connectivity index (χ0) is 32.3. The minimum atomic E-state index is 0.936.